The van der Waals surface area contributed by atoms with Crippen LogP contribution in [-0.4, -0.2) is 37.6 Å². The number of carbonyl (C=O) groups is 1. The van der Waals surface area contributed by atoms with Crippen molar-refractivity contribution >= 4 is 17.5 Å². The smallest absolute Gasteiger partial charge is 0.285 e. The Morgan fingerprint density at radius 1 is 1.38 bits per heavy atom. The first-order valence-corrected chi connectivity index (χ1v) is 8.57. The molecule has 0 radical (unpaired) electrons. The predicted molar refractivity (Wildman–Crippen MR) is 92.7 cm³/mol. The first-order chi connectivity index (χ1) is 11.6. The van der Waals surface area contributed by atoms with Gasteiger partial charge >= 0.3 is 0 Å². The molecule has 2 N–H and O–H groups in total. The monoisotopic (exact) mass is 353 g/mol. The van der Waals surface area contributed by atoms with Crippen LogP contribution in [0.15, 0.2) is 36.1 Å². The Morgan fingerprint density at radius 3 is 2.67 bits per heavy atom. The molecule has 0 aliphatic carbocycles. The van der Waals surface area contributed by atoms with Crippen molar-refractivity contribution in [3.63, 3.8) is 0 Å². The van der Waals surface area contributed by atoms with Gasteiger partial charge in [0.2, 0.25) is 6.29 Å². The molecule has 0 unspecified atom stereocenters. The number of aliphatic hydroxyl groups is 1. The fourth-order valence-electron chi connectivity index (χ4n) is 2.95. The highest BCUT2D eigenvalue weighted by molar-refractivity contribution is 6.30. The first-order valence-electron chi connectivity index (χ1n) is 8.19. The minimum absolute atomic E-state index is 0.00619. The maximum Gasteiger partial charge on any atom is 0.285 e. The molecule has 1 heterocycles. The number of allylic oxidation sites excluding steroid dienone is 1. The third-order valence-corrected chi connectivity index (χ3v) is 4.37. The maximum atomic E-state index is 12.0. The molecule has 1 aliphatic heterocycles. The fourth-order valence-corrected chi connectivity index (χ4v) is 3.08. The molecule has 0 bridgehead atoms. The van der Waals surface area contributed by atoms with Gasteiger partial charge in [-0.3, -0.25) is 4.79 Å². The van der Waals surface area contributed by atoms with Crippen molar-refractivity contribution in [2.75, 3.05) is 20.3 Å². The van der Waals surface area contributed by atoms with Gasteiger partial charge in [0.1, 0.15) is 0 Å². The summed E-state index contributed by atoms with van der Waals surface area (Å²) in [4.78, 5) is 12.0. The van der Waals surface area contributed by atoms with Gasteiger partial charge < -0.3 is 19.9 Å². The number of nitrogens with one attached hydrogen (secondary N) is 1. The zero-order valence-electron chi connectivity index (χ0n) is 14.0. The summed E-state index contributed by atoms with van der Waals surface area (Å²) in [6.45, 7) is 2.48. The van der Waals surface area contributed by atoms with Crippen molar-refractivity contribution in [3.8, 4) is 0 Å². The summed E-state index contributed by atoms with van der Waals surface area (Å²) in [7, 11) is 1.57. The highest BCUT2D eigenvalue weighted by Crippen LogP contribution is 2.39. The van der Waals surface area contributed by atoms with Crippen molar-refractivity contribution in [1.29, 1.82) is 0 Å². The Balaban J connectivity index is 2.39. The molecule has 5 nitrogen and oxygen atoms in total. The molecule has 0 fully saturated rings. The van der Waals surface area contributed by atoms with Crippen molar-refractivity contribution in [1.82, 2.24) is 5.32 Å². The minimum atomic E-state index is -0.528. The molecule has 0 saturated heterocycles. The number of hydrogen-bond acceptors (Lipinski definition) is 4. The molecule has 0 spiro atoms. The molecule has 2 rings (SSSR count). The summed E-state index contributed by atoms with van der Waals surface area (Å²) in [6.07, 6.45) is 2.68. The lowest BCUT2D eigenvalue weighted by molar-refractivity contribution is -0.166. The third kappa shape index (κ3) is 4.50. The van der Waals surface area contributed by atoms with Gasteiger partial charge in [0.05, 0.1) is 0 Å². The number of likely N-dealkylation sites (N-methyl/N-ethyl adjacent to an activating group) is 1. The molecule has 24 heavy (non-hydrogen) atoms. The van der Waals surface area contributed by atoms with Gasteiger partial charge in [0, 0.05) is 37.1 Å². The molecule has 6 heteroatoms. The minimum Gasteiger partial charge on any atom is -0.459 e. The molecule has 1 amide bonds. The maximum absolute atomic E-state index is 12.0. The number of carbonyl (C=O) groups excluding carboxylic acids is 1. The van der Waals surface area contributed by atoms with Crippen molar-refractivity contribution in [2.24, 2.45) is 5.92 Å². The highest BCUT2D eigenvalue weighted by Gasteiger charge is 2.37. The number of aliphatic hydroxyl groups excluding tert-OH is 1. The molecule has 3 atom stereocenters. The van der Waals surface area contributed by atoms with Gasteiger partial charge in [-0.2, -0.15) is 0 Å². The average molecular weight is 354 g/mol. The summed E-state index contributed by atoms with van der Waals surface area (Å²) < 4.78 is 11.5. The van der Waals surface area contributed by atoms with E-state index in [2.05, 4.69) is 5.32 Å². The summed E-state index contributed by atoms with van der Waals surface area (Å²) in [6, 6.07) is 7.56. The highest BCUT2D eigenvalue weighted by atomic mass is 35.5. The zero-order chi connectivity index (χ0) is 17.5. The molecule has 132 valence electrons. The van der Waals surface area contributed by atoms with E-state index in [1.807, 2.05) is 37.3 Å². The topological polar surface area (TPSA) is 67.8 Å². The van der Waals surface area contributed by atoms with Gasteiger partial charge in [0.15, 0.2) is 5.76 Å². The van der Waals surface area contributed by atoms with E-state index in [0.29, 0.717) is 18.1 Å². The summed E-state index contributed by atoms with van der Waals surface area (Å²) in [5.74, 6) is -0.0616. The largest absolute Gasteiger partial charge is 0.459 e. The van der Waals surface area contributed by atoms with Gasteiger partial charge in [-0.1, -0.05) is 23.7 Å². The lowest BCUT2D eigenvalue weighted by Crippen LogP contribution is -2.38. The van der Waals surface area contributed by atoms with E-state index in [9.17, 15) is 9.90 Å². The fraction of sp³-hybridized carbons (Fsp3) is 0.500. The van der Waals surface area contributed by atoms with Crippen LogP contribution in [0.25, 0.3) is 0 Å². The van der Waals surface area contributed by atoms with Crippen LogP contribution in [0.5, 0.6) is 0 Å². The van der Waals surface area contributed by atoms with Crippen LogP contribution < -0.4 is 5.32 Å². The van der Waals surface area contributed by atoms with Gasteiger partial charge in [-0.05, 0) is 43.5 Å². The lowest BCUT2D eigenvalue weighted by atomic mass is 9.80. The lowest BCUT2D eigenvalue weighted by Gasteiger charge is -2.37. The molecular weight excluding hydrogens is 330 g/mol. The average Bonchev–Trinajstić information content (AvgIpc) is 2.60. The van der Waals surface area contributed by atoms with E-state index in [1.54, 1.807) is 7.05 Å². The second kappa shape index (κ2) is 9.06. The van der Waals surface area contributed by atoms with E-state index in [4.69, 9.17) is 21.1 Å². The standard InChI is InChI=1S/C18H24ClNO4/c1-3-23-18-14(5-4-10-21)15(11-16(24-18)17(22)20-2)12-6-8-13(19)9-7-12/h6-9,11,14-15,18,21H,3-5,10H2,1-2H3,(H,20,22)/t14-,15-,18-/m1/s1. The Hall–Kier alpha value is -1.56. The quantitative estimate of drug-likeness (QED) is 0.791. The molecule has 0 aromatic heterocycles. The van der Waals surface area contributed by atoms with Crippen LogP contribution in [0.2, 0.25) is 5.02 Å². The van der Waals surface area contributed by atoms with Crippen LogP contribution >= 0.6 is 11.6 Å². The summed E-state index contributed by atoms with van der Waals surface area (Å²) in [5, 5.41) is 12.5. The summed E-state index contributed by atoms with van der Waals surface area (Å²) in [5.41, 5.74) is 1.04. The first kappa shape index (κ1) is 18.8. The van der Waals surface area contributed by atoms with Crippen molar-refractivity contribution < 1.29 is 19.4 Å². The van der Waals surface area contributed by atoms with Gasteiger partial charge in [-0.25, -0.2) is 0 Å². The van der Waals surface area contributed by atoms with Gasteiger partial charge in [-0.15, -0.1) is 0 Å². The Bertz CT molecular complexity index is 573. The Kier molecular flexibility index (Phi) is 7.09. The number of amides is 1. The van der Waals surface area contributed by atoms with Crippen molar-refractivity contribution in [3.05, 3.63) is 46.7 Å². The van der Waals surface area contributed by atoms with Crippen LogP contribution in [0.1, 0.15) is 31.2 Å². The number of ether oxygens (including phenoxy) is 2. The number of halogens is 1. The molecule has 1 aromatic rings. The second-order valence-corrected chi connectivity index (χ2v) is 6.10. The third-order valence-electron chi connectivity index (χ3n) is 4.12. The van der Waals surface area contributed by atoms with E-state index in [0.717, 1.165) is 12.0 Å². The van der Waals surface area contributed by atoms with Crippen molar-refractivity contribution in [2.45, 2.75) is 32.0 Å². The van der Waals surface area contributed by atoms with E-state index in [-0.39, 0.29) is 30.1 Å². The number of rotatable bonds is 7. The molecule has 1 aliphatic rings. The van der Waals surface area contributed by atoms with Crippen LogP contribution in [0.4, 0.5) is 0 Å². The predicted octanol–water partition coefficient (Wildman–Crippen LogP) is 2.84. The van der Waals surface area contributed by atoms with Crippen LogP contribution in [-0.2, 0) is 14.3 Å². The molecular formula is C18H24ClNO4. The van der Waals surface area contributed by atoms with Crippen LogP contribution in [0, 0.1) is 5.92 Å². The van der Waals surface area contributed by atoms with Crippen LogP contribution in [0.3, 0.4) is 0 Å². The number of benzene rings is 1. The van der Waals surface area contributed by atoms with Gasteiger partial charge in [0.25, 0.3) is 5.91 Å². The second-order valence-electron chi connectivity index (χ2n) is 5.66. The summed E-state index contributed by atoms with van der Waals surface area (Å²) >= 11 is 5.99. The molecule has 1 aromatic carbocycles. The SMILES string of the molecule is CCO[C@@H]1OC(C(=O)NC)=C[C@H](c2ccc(Cl)cc2)[C@H]1CCCO. The van der Waals surface area contributed by atoms with E-state index >= 15 is 0 Å². The van der Waals surface area contributed by atoms with E-state index < -0.39 is 6.29 Å². The Morgan fingerprint density at radius 2 is 2.08 bits per heavy atom. The molecule has 0 saturated carbocycles. The number of hydrogen-bond donors (Lipinski definition) is 2. The van der Waals surface area contributed by atoms with E-state index in [1.165, 1.54) is 0 Å². The normalized spacial score (nSPS) is 23.3. The zero-order valence-corrected chi connectivity index (χ0v) is 14.8. The Labute approximate surface area is 147 Å².